The number of unbranched alkanes of at least 4 members (excludes halogenated alkanes) is 2. The molecule has 0 aromatic carbocycles. The second kappa shape index (κ2) is 6.86. The zero-order valence-corrected chi connectivity index (χ0v) is 10.4. The topological polar surface area (TPSA) is 77.8 Å². The number of aromatic nitrogens is 3. The lowest BCUT2D eigenvalue weighted by molar-refractivity contribution is 0.369. The van der Waals surface area contributed by atoms with Gasteiger partial charge in [0, 0.05) is 25.2 Å². The van der Waals surface area contributed by atoms with Crippen molar-refractivity contribution in [1.82, 2.24) is 15.1 Å². The molecule has 2 N–H and O–H groups in total. The van der Waals surface area contributed by atoms with Crippen molar-refractivity contribution < 1.29 is 4.52 Å². The molecule has 0 radical (unpaired) electrons. The Balaban J connectivity index is 1.83. The Labute approximate surface area is 106 Å². The van der Waals surface area contributed by atoms with Crippen LogP contribution in [0.2, 0.25) is 0 Å². The van der Waals surface area contributed by atoms with Crippen molar-refractivity contribution in [2.45, 2.75) is 32.1 Å². The molecule has 0 saturated heterocycles. The number of nitrogens with zero attached hydrogens (tertiary/aromatic N) is 3. The van der Waals surface area contributed by atoms with Crippen LogP contribution < -0.4 is 5.73 Å². The molecule has 0 atom stereocenters. The van der Waals surface area contributed by atoms with E-state index in [0.717, 1.165) is 49.5 Å². The van der Waals surface area contributed by atoms with Crippen LogP contribution >= 0.6 is 0 Å². The standard InChI is InChI=1S/C13H18N4O/c14-7-3-1-2-4-13-16-12(17-18-13)10-11-5-8-15-9-6-11/h5-6,8-9H,1-4,7,10,14H2. The molecule has 96 valence electrons. The summed E-state index contributed by atoms with van der Waals surface area (Å²) in [4.78, 5) is 8.35. The molecular weight excluding hydrogens is 228 g/mol. The number of aryl methyl sites for hydroxylation is 1. The van der Waals surface area contributed by atoms with Crippen LogP contribution in [0.4, 0.5) is 0 Å². The van der Waals surface area contributed by atoms with E-state index in [4.69, 9.17) is 10.3 Å². The van der Waals surface area contributed by atoms with Crippen LogP contribution in [0.3, 0.4) is 0 Å². The van der Waals surface area contributed by atoms with Crippen LogP contribution in [0.1, 0.15) is 36.5 Å². The third kappa shape index (κ3) is 3.92. The SMILES string of the molecule is NCCCCCc1nc(Cc2ccncc2)no1. The van der Waals surface area contributed by atoms with Crippen LogP contribution in [0.15, 0.2) is 29.0 Å². The molecule has 2 aromatic rings. The first-order valence-corrected chi connectivity index (χ1v) is 6.29. The predicted molar refractivity (Wildman–Crippen MR) is 68.0 cm³/mol. The average molecular weight is 246 g/mol. The van der Waals surface area contributed by atoms with E-state index in [0.29, 0.717) is 6.42 Å². The smallest absolute Gasteiger partial charge is 0.226 e. The molecule has 0 aliphatic heterocycles. The normalized spacial score (nSPS) is 10.7. The van der Waals surface area contributed by atoms with Gasteiger partial charge in [-0.2, -0.15) is 4.98 Å². The summed E-state index contributed by atoms with van der Waals surface area (Å²) < 4.78 is 5.21. The molecule has 0 spiro atoms. The number of hydrogen-bond acceptors (Lipinski definition) is 5. The van der Waals surface area contributed by atoms with Crippen LogP contribution in [0.5, 0.6) is 0 Å². The van der Waals surface area contributed by atoms with E-state index in [1.54, 1.807) is 12.4 Å². The Bertz CT molecular complexity index is 455. The van der Waals surface area contributed by atoms with Gasteiger partial charge < -0.3 is 10.3 Å². The fraction of sp³-hybridized carbons (Fsp3) is 0.462. The van der Waals surface area contributed by atoms with Gasteiger partial charge in [0.1, 0.15) is 0 Å². The summed E-state index contributed by atoms with van der Waals surface area (Å²) in [5.74, 6) is 1.45. The highest BCUT2D eigenvalue weighted by molar-refractivity contribution is 5.14. The van der Waals surface area contributed by atoms with Crippen LogP contribution in [0, 0.1) is 0 Å². The highest BCUT2D eigenvalue weighted by atomic mass is 16.5. The highest BCUT2D eigenvalue weighted by Gasteiger charge is 2.06. The van der Waals surface area contributed by atoms with Gasteiger partial charge in [-0.3, -0.25) is 4.98 Å². The van der Waals surface area contributed by atoms with Gasteiger partial charge in [0.25, 0.3) is 0 Å². The van der Waals surface area contributed by atoms with E-state index in [1.807, 2.05) is 12.1 Å². The maximum absolute atomic E-state index is 5.44. The van der Waals surface area contributed by atoms with Crippen LogP contribution in [0.25, 0.3) is 0 Å². The van der Waals surface area contributed by atoms with Gasteiger partial charge >= 0.3 is 0 Å². The molecule has 5 nitrogen and oxygen atoms in total. The maximum Gasteiger partial charge on any atom is 0.226 e. The van der Waals surface area contributed by atoms with Gasteiger partial charge in [-0.15, -0.1) is 0 Å². The van der Waals surface area contributed by atoms with Gasteiger partial charge in [-0.05, 0) is 37.1 Å². The first-order valence-electron chi connectivity index (χ1n) is 6.29. The summed E-state index contributed by atoms with van der Waals surface area (Å²) in [6, 6.07) is 3.91. The largest absolute Gasteiger partial charge is 0.339 e. The molecule has 0 saturated carbocycles. The molecule has 0 unspecified atom stereocenters. The molecule has 2 heterocycles. The molecule has 18 heavy (non-hydrogen) atoms. The average Bonchev–Trinajstić information content (AvgIpc) is 2.84. The second-order valence-electron chi connectivity index (χ2n) is 4.24. The molecular formula is C13H18N4O. The van der Waals surface area contributed by atoms with Crippen LogP contribution in [-0.4, -0.2) is 21.7 Å². The highest BCUT2D eigenvalue weighted by Crippen LogP contribution is 2.08. The number of nitrogens with two attached hydrogens (primary N) is 1. The Morgan fingerprint density at radius 2 is 1.94 bits per heavy atom. The lowest BCUT2D eigenvalue weighted by Crippen LogP contribution is -1.98. The molecule has 2 rings (SSSR count). The molecule has 0 bridgehead atoms. The van der Waals surface area contributed by atoms with Crippen LogP contribution in [-0.2, 0) is 12.8 Å². The van der Waals surface area contributed by atoms with E-state index >= 15 is 0 Å². The number of hydrogen-bond donors (Lipinski definition) is 1. The molecule has 0 amide bonds. The quantitative estimate of drug-likeness (QED) is 0.753. The molecule has 0 aliphatic rings. The minimum Gasteiger partial charge on any atom is -0.339 e. The van der Waals surface area contributed by atoms with Crippen molar-refractivity contribution in [3.63, 3.8) is 0 Å². The molecule has 0 aliphatic carbocycles. The Kier molecular flexibility index (Phi) is 4.84. The summed E-state index contributed by atoms with van der Waals surface area (Å²) in [7, 11) is 0. The lowest BCUT2D eigenvalue weighted by Gasteiger charge is -1.95. The van der Waals surface area contributed by atoms with Gasteiger partial charge in [0.15, 0.2) is 5.82 Å². The summed E-state index contributed by atoms with van der Waals surface area (Å²) in [6.07, 6.45) is 8.27. The number of pyridine rings is 1. The van der Waals surface area contributed by atoms with Gasteiger partial charge in [0.2, 0.25) is 5.89 Å². The zero-order chi connectivity index (χ0) is 12.6. The van der Waals surface area contributed by atoms with E-state index < -0.39 is 0 Å². The summed E-state index contributed by atoms with van der Waals surface area (Å²) in [5, 5.41) is 3.98. The Hall–Kier alpha value is -1.75. The third-order valence-corrected chi connectivity index (χ3v) is 2.72. The molecule has 2 aromatic heterocycles. The Morgan fingerprint density at radius 3 is 2.72 bits per heavy atom. The molecule has 0 fully saturated rings. The summed E-state index contributed by atoms with van der Waals surface area (Å²) >= 11 is 0. The maximum atomic E-state index is 5.44. The van der Waals surface area contributed by atoms with Crippen molar-refractivity contribution >= 4 is 0 Å². The predicted octanol–water partition coefficient (Wildman–Crippen LogP) is 1.73. The van der Waals surface area contributed by atoms with Gasteiger partial charge in [0.05, 0.1) is 0 Å². The van der Waals surface area contributed by atoms with E-state index in [2.05, 4.69) is 15.1 Å². The first-order chi connectivity index (χ1) is 8.88. The summed E-state index contributed by atoms with van der Waals surface area (Å²) in [5.41, 5.74) is 6.58. The minimum atomic E-state index is 0.689. The summed E-state index contributed by atoms with van der Waals surface area (Å²) in [6.45, 7) is 0.747. The monoisotopic (exact) mass is 246 g/mol. The molecule has 5 heteroatoms. The third-order valence-electron chi connectivity index (χ3n) is 2.72. The first kappa shape index (κ1) is 12.7. The second-order valence-corrected chi connectivity index (χ2v) is 4.24. The zero-order valence-electron chi connectivity index (χ0n) is 10.4. The lowest BCUT2D eigenvalue weighted by atomic mass is 10.2. The number of rotatable bonds is 7. The fourth-order valence-electron chi connectivity index (χ4n) is 1.74. The van der Waals surface area contributed by atoms with Crippen molar-refractivity contribution in [2.24, 2.45) is 5.73 Å². The van der Waals surface area contributed by atoms with E-state index in [9.17, 15) is 0 Å². The van der Waals surface area contributed by atoms with E-state index in [-0.39, 0.29) is 0 Å². The van der Waals surface area contributed by atoms with Crippen molar-refractivity contribution in [3.8, 4) is 0 Å². The van der Waals surface area contributed by atoms with Crippen molar-refractivity contribution in [2.75, 3.05) is 6.54 Å². The van der Waals surface area contributed by atoms with Crippen molar-refractivity contribution in [3.05, 3.63) is 41.8 Å². The Morgan fingerprint density at radius 1 is 1.11 bits per heavy atom. The fourth-order valence-corrected chi connectivity index (χ4v) is 1.74. The van der Waals surface area contributed by atoms with E-state index in [1.165, 1.54) is 0 Å². The van der Waals surface area contributed by atoms with Gasteiger partial charge in [-0.25, -0.2) is 0 Å². The van der Waals surface area contributed by atoms with Gasteiger partial charge in [-0.1, -0.05) is 11.6 Å². The van der Waals surface area contributed by atoms with Crippen molar-refractivity contribution in [1.29, 1.82) is 0 Å². The minimum absolute atomic E-state index is 0.689.